The van der Waals surface area contributed by atoms with Crippen molar-refractivity contribution in [3.8, 4) is 0 Å². The highest BCUT2D eigenvalue weighted by Gasteiger charge is 2.15. The van der Waals surface area contributed by atoms with Gasteiger partial charge in [-0.2, -0.15) is 0 Å². The fourth-order valence-electron chi connectivity index (χ4n) is 1.53. The van der Waals surface area contributed by atoms with E-state index in [1.165, 1.54) is 11.3 Å². The molecule has 106 valence electrons. The predicted molar refractivity (Wildman–Crippen MR) is 73.9 cm³/mol. The molecule has 0 radical (unpaired) electrons. The molecule has 0 aliphatic heterocycles. The van der Waals surface area contributed by atoms with Crippen LogP contribution in [-0.4, -0.2) is 17.9 Å². The minimum atomic E-state index is -0.900. The third kappa shape index (κ3) is 3.17. The van der Waals surface area contributed by atoms with Gasteiger partial charge < -0.3 is 5.32 Å². The molecule has 0 saturated carbocycles. The highest BCUT2D eigenvalue weighted by atomic mass is 32.1. The molecular weight excluding hydrogens is 284 g/mol. The second-order valence-electron chi connectivity index (χ2n) is 4.17. The number of amides is 1. The second kappa shape index (κ2) is 6.06. The molecule has 1 aromatic carbocycles. The van der Waals surface area contributed by atoms with E-state index < -0.39 is 17.5 Å². The summed E-state index contributed by atoms with van der Waals surface area (Å²) in [5, 5.41) is 7.70. The number of hydrogen-bond acceptors (Lipinski definition) is 4. The number of aromatic nitrogens is 1. The zero-order valence-corrected chi connectivity index (χ0v) is 11.7. The van der Waals surface area contributed by atoms with Crippen LogP contribution < -0.4 is 10.6 Å². The Morgan fingerprint density at radius 2 is 2.15 bits per heavy atom. The van der Waals surface area contributed by atoms with Crippen molar-refractivity contribution in [1.29, 1.82) is 0 Å². The molecule has 2 rings (SSSR count). The molecule has 0 aliphatic rings. The maximum Gasteiger partial charge on any atom is 0.260 e. The number of carbonyl (C=O) groups is 1. The quantitative estimate of drug-likeness (QED) is 0.912. The zero-order chi connectivity index (χ0) is 14.7. The Morgan fingerprint density at radius 3 is 2.80 bits per heavy atom. The minimum Gasteiger partial charge on any atom is -0.312 e. The van der Waals surface area contributed by atoms with E-state index in [0.717, 1.165) is 17.8 Å². The van der Waals surface area contributed by atoms with Crippen molar-refractivity contribution < 1.29 is 13.6 Å². The number of nitrogens with one attached hydrogen (secondary N) is 2. The molecule has 1 atom stereocenters. The normalized spacial score (nSPS) is 12.2. The number of hydrogen-bond donors (Lipinski definition) is 2. The summed E-state index contributed by atoms with van der Waals surface area (Å²) in [6.07, 6.45) is 0. The van der Waals surface area contributed by atoms with Crippen molar-refractivity contribution in [2.45, 2.75) is 13.0 Å². The van der Waals surface area contributed by atoms with Gasteiger partial charge in [-0.25, -0.2) is 13.8 Å². The van der Waals surface area contributed by atoms with E-state index in [9.17, 15) is 13.6 Å². The van der Waals surface area contributed by atoms with E-state index in [-0.39, 0.29) is 11.6 Å². The molecule has 0 aliphatic carbocycles. The molecule has 1 heterocycles. The van der Waals surface area contributed by atoms with Gasteiger partial charge in [0.15, 0.2) is 5.13 Å². The molecule has 1 amide bonds. The lowest BCUT2D eigenvalue weighted by atomic mass is 10.2. The Bertz CT molecular complexity index is 630. The number of nitrogens with zero attached hydrogens (tertiary/aromatic N) is 1. The SMILES string of the molecule is CNC(C)c1csc(NC(=O)c2ccc(F)cc2F)n1. The van der Waals surface area contributed by atoms with E-state index in [4.69, 9.17) is 0 Å². The summed E-state index contributed by atoms with van der Waals surface area (Å²) in [6, 6.07) is 2.86. The van der Waals surface area contributed by atoms with Crippen LogP contribution in [0, 0.1) is 11.6 Å². The topological polar surface area (TPSA) is 54.0 Å². The van der Waals surface area contributed by atoms with Crippen molar-refractivity contribution in [2.24, 2.45) is 0 Å². The van der Waals surface area contributed by atoms with E-state index in [0.29, 0.717) is 11.2 Å². The summed E-state index contributed by atoms with van der Waals surface area (Å²) in [7, 11) is 1.80. The van der Waals surface area contributed by atoms with Crippen LogP contribution in [0.1, 0.15) is 29.0 Å². The molecule has 1 unspecified atom stereocenters. The van der Waals surface area contributed by atoms with Gasteiger partial charge in [0, 0.05) is 17.5 Å². The summed E-state index contributed by atoms with van der Waals surface area (Å²) in [6.45, 7) is 1.93. The molecule has 0 spiro atoms. The number of anilines is 1. The summed E-state index contributed by atoms with van der Waals surface area (Å²) >= 11 is 1.25. The molecule has 1 aromatic heterocycles. The lowest BCUT2D eigenvalue weighted by molar-refractivity contribution is 0.102. The van der Waals surface area contributed by atoms with Gasteiger partial charge in [-0.1, -0.05) is 0 Å². The van der Waals surface area contributed by atoms with Crippen molar-refractivity contribution in [1.82, 2.24) is 10.3 Å². The van der Waals surface area contributed by atoms with Crippen LogP contribution in [0.4, 0.5) is 13.9 Å². The number of halogens is 2. The second-order valence-corrected chi connectivity index (χ2v) is 5.02. The van der Waals surface area contributed by atoms with Gasteiger partial charge in [-0.15, -0.1) is 11.3 Å². The van der Waals surface area contributed by atoms with Gasteiger partial charge in [0.2, 0.25) is 0 Å². The van der Waals surface area contributed by atoms with E-state index in [1.54, 1.807) is 12.4 Å². The number of rotatable bonds is 4. The molecule has 4 nitrogen and oxygen atoms in total. The van der Waals surface area contributed by atoms with Crippen LogP contribution in [0.3, 0.4) is 0 Å². The third-order valence-corrected chi connectivity index (χ3v) is 3.57. The van der Waals surface area contributed by atoms with Crippen LogP contribution in [0.5, 0.6) is 0 Å². The highest BCUT2D eigenvalue weighted by Crippen LogP contribution is 2.21. The average molecular weight is 297 g/mol. The Balaban J connectivity index is 2.13. The zero-order valence-electron chi connectivity index (χ0n) is 10.9. The first-order valence-corrected chi connectivity index (χ1v) is 6.78. The van der Waals surface area contributed by atoms with Crippen LogP contribution in [0.15, 0.2) is 23.6 Å². The first-order chi connectivity index (χ1) is 9.51. The van der Waals surface area contributed by atoms with Crippen LogP contribution in [-0.2, 0) is 0 Å². The first-order valence-electron chi connectivity index (χ1n) is 5.90. The van der Waals surface area contributed by atoms with Gasteiger partial charge in [0.25, 0.3) is 5.91 Å². The largest absolute Gasteiger partial charge is 0.312 e. The molecule has 7 heteroatoms. The predicted octanol–water partition coefficient (Wildman–Crippen LogP) is 2.95. The van der Waals surface area contributed by atoms with E-state index >= 15 is 0 Å². The van der Waals surface area contributed by atoms with Gasteiger partial charge >= 0.3 is 0 Å². The van der Waals surface area contributed by atoms with Gasteiger partial charge in [-0.05, 0) is 26.1 Å². The van der Waals surface area contributed by atoms with E-state index in [2.05, 4.69) is 15.6 Å². The Labute approximate surface area is 118 Å². The fourth-order valence-corrected chi connectivity index (χ4v) is 2.33. The van der Waals surface area contributed by atoms with Gasteiger partial charge in [-0.3, -0.25) is 10.1 Å². The molecule has 0 bridgehead atoms. The maximum absolute atomic E-state index is 13.5. The van der Waals surface area contributed by atoms with Crippen LogP contribution in [0.25, 0.3) is 0 Å². The first kappa shape index (κ1) is 14.5. The summed E-state index contributed by atoms with van der Waals surface area (Å²) in [4.78, 5) is 16.1. The molecule has 2 aromatic rings. The number of benzene rings is 1. The summed E-state index contributed by atoms with van der Waals surface area (Å²) in [5.41, 5.74) is 0.567. The van der Waals surface area contributed by atoms with Crippen LogP contribution >= 0.6 is 11.3 Å². The molecule has 0 saturated heterocycles. The van der Waals surface area contributed by atoms with Crippen LogP contribution in [0.2, 0.25) is 0 Å². The molecule has 20 heavy (non-hydrogen) atoms. The maximum atomic E-state index is 13.5. The standard InChI is InChI=1S/C13H13F2N3OS/c1-7(16-2)11-6-20-13(17-11)18-12(19)9-4-3-8(14)5-10(9)15/h3-7,16H,1-2H3,(H,17,18,19). The number of thiazole rings is 1. The van der Waals surface area contributed by atoms with E-state index in [1.807, 2.05) is 6.92 Å². The molecule has 2 N–H and O–H groups in total. The van der Waals surface area contributed by atoms with Gasteiger partial charge in [0.05, 0.1) is 11.3 Å². The Hall–Kier alpha value is -1.86. The minimum absolute atomic E-state index is 0.0551. The monoisotopic (exact) mass is 297 g/mol. The van der Waals surface area contributed by atoms with Gasteiger partial charge in [0.1, 0.15) is 11.6 Å². The summed E-state index contributed by atoms with van der Waals surface area (Å²) < 4.78 is 26.2. The fraction of sp³-hybridized carbons (Fsp3) is 0.231. The highest BCUT2D eigenvalue weighted by molar-refractivity contribution is 7.14. The average Bonchev–Trinajstić information content (AvgIpc) is 2.86. The lowest BCUT2D eigenvalue weighted by Gasteiger charge is -2.05. The van der Waals surface area contributed by atoms with Crippen molar-refractivity contribution in [3.05, 3.63) is 46.5 Å². The molecule has 0 fully saturated rings. The molecular formula is C13H13F2N3OS. The Morgan fingerprint density at radius 1 is 1.40 bits per heavy atom. The lowest BCUT2D eigenvalue weighted by Crippen LogP contribution is -2.15. The Kier molecular flexibility index (Phi) is 4.41. The van der Waals surface area contributed by atoms with Crippen molar-refractivity contribution >= 4 is 22.4 Å². The number of carbonyl (C=O) groups excluding carboxylic acids is 1. The summed E-state index contributed by atoms with van der Waals surface area (Å²) in [5.74, 6) is -2.28. The third-order valence-electron chi connectivity index (χ3n) is 2.79. The van der Waals surface area contributed by atoms with Crippen molar-refractivity contribution in [3.63, 3.8) is 0 Å². The smallest absolute Gasteiger partial charge is 0.260 e. The van der Waals surface area contributed by atoms with Crippen molar-refractivity contribution in [2.75, 3.05) is 12.4 Å².